The van der Waals surface area contributed by atoms with Crippen LogP contribution >= 0.6 is 12.4 Å². The number of hydrogen-bond donors (Lipinski definition) is 3. The Labute approximate surface area is 127 Å². The molecule has 0 bridgehead atoms. The molecule has 0 aliphatic carbocycles. The Morgan fingerprint density at radius 3 is 2.35 bits per heavy atom. The second kappa shape index (κ2) is 8.12. The molecule has 1 atom stereocenters. The van der Waals surface area contributed by atoms with Crippen molar-refractivity contribution in [2.75, 3.05) is 12.3 Å². The molecule has 1 aromatic carbocycles. The van der Waals surface area contributed by atoms with Crippen LogP contribution in [0.15, 0.2) is 24.3 Å². The van der Waals surface area contributed by atoms with Crippen LogP contribution in [0.1, 0.15) is 32.8 Å². The van der Waals surface area contributed by atoms with E-state index in [9.17, 15) is 9.90 Å². The number of nitrogens with two attached hydrogens (primary N) is 1. The average Bonchev–Trinajstić information content (AvgIpc) is 2.27. The number of hydrogen-bond acceptors (Lipinski definition) is 3. The van der Waals surface area contributed by atoms with Gasteiger partial charge in [-0.25, -0.2) is 0 Å². The SMILES string of the molecule is CC(C)(C)CC(O)CNC(=O)Cc1ccc(N)cc1.Cl. The lowest BCUT2D eigenvalue weighted by molar-refractivity contribution is -0.121. The van der Waals surface area contributed by atoms with Gasteiger partial charge in [0.25, 0.3) is 0 Å². The summed E-state index contributed by atoms with van der Waals surface area (Å²) < 4.78 is 0. The van der Waals surface area contributed by atoms with Crippen molar-refractivity contribution >= 4 is 24.0 Å². The molecular weight excluding hydrogens is 276 g/mol. The van der Waals surface area contributed by atoms with Crippen molar-refractivity contribution < 1.29 is 9.90 Å². The summed E-state index contributed by atoms with van der Waals surface area (Å²) in [5.74, 6) is -0.0854. The third kappa shape index (κ3) is 8.02. The van der Waals surface area contributed by atoms with Gasteiger partial charge in [-0.2, -0.15) is 0 Å². The zero-order valence-corrected chi connectivity index (χ0v) is 13.2. The number of benzene rings is 1. The van der Waals surface area contributed by atoms with Crippen molar-refractivity contribution in [3.8, 4) is 0 Å². The monoisotopic (exact) mass is 300 g/mol. The Balaban J connectivity index is 0.00000361. The maximum Gasteiger partial charge on any atom is 0.224 e. The van der Waals surface area contributed by atoms with Crippen molar-refractivity contribution in [3.63, 3.8) is 0 Å². The van der Waals surface area contributed by atoms with Crippen molar-refractivity contribution in [1.29, 1.82) is 0 Å². The van der Waals surface area contributed by atoms with Crippen LogP contribution < -0.4 is 11.1 Å². The van der Waals surface area contributed by atoms with Crippen LogP contribution in [0, 0.1) is 5.41 Å². The summed E-state index contributed by atoms with van der Waals surface area (Å²) >= 11 is 0. The molecule has 0 saturated carbocycles. The molecule has 1 rings (SSSR count). The molecule has 4 nitrogen and oxygen atoms in total. The predicted molar refractivity (Wildman–Crippen MR) is 84.9 cm³/mol. The van der Waals surface area contributed by atoms with E-state index in [1.165, 1.54) is 0 Å². The highest BCUT2D eigenvalue weighted by Crippen LogP contribution is 2.20. The molecule has 5 heteroatoms. The zero-order chi connectivity index (χ0) is 14.5. The summed E-state index contributed by atoms with van der Waals surface area (Å²) in [7, 11) is 0. The Morgan fingerprint density at radius 2 is 1.85 bits per heavy atom. The van der Waals surface area contributed by atoms with E-state index >= 15 is 0 Å². The Hall–Kier alpha value is -1.26. The van der Waals surface area contributed by atoms with Crippen molar-refractivity contribution in [1.82, 2.24) is 5.32 Å². The van der Waals surface area contributed by atoms with Crippen LogP contribution in [0.25, 0.3) is 0 Å². The molecule has 0 spiro atoms. The molecule has 20 heavy (non-hydrogen) atoms. The molecule has 0 radical (unpaired) electrons. The van der Waals surface area contributed by atoms with Gasteiger partial charge in [0, 0.05) is 12.2 Å². The number of anilines is 1. The minimum atomic E-state index is -0.504. The van der Waals surface area contributed by atoms with Gasteiger partial charge in [-0.15, -0.1) is 12.4 Å². The molecule has 0 aromatic heterocycles. The number of nitrogens with one attached hydrogen (secondary N) is 1. The summed E-state index contributed by atoms with van der Waals surface area (Å²) in [6, 6.07) is 7.22. The van der Waals surface area contributed by atoms with Gasteiger partial charge in [0.05, 0.1) is 12.5 Å². The number of carbonyl (C=O) groups excluding carboxylic acids is 1. The second-order valence-corrected chi connectivity index (χ2v) is 6.14. The fourth-order valence-corrected chi connectivity index (χ4v) is 1.89. The number of amides is 1. The Kier molecular flexibility index (Phi) is 7.61. The molecule has 0 aliphatic heterocycles. The molecule has 0 saturated heterocycles. The molecule has 114 valence electrons. The summed E-state index contributed by atoms with van der Waals surface area (Å²) in [4.78, 5) is 11.7. The van der Waals surface area contributed by atoms with Gasteiger partial charge < -0.3 is 16.2 Å². The largest absolute Gasteiger partial charge is 0.399 e. The standard InChI is InChI=1S/C15H24N2O2.ClH/c1-15(2,3)9-13(18)10-17-14(19)8-11-4-6-12(16)7-5-11;/h4-7,13,18H,8-10,16H2,1-3H3,(H,17,19);1H. The highest BCUT2D eigenvalue weighted by atomic mass is 35.5. The predicted octanol–water partition coefficient (Wildman–Crippen LogP) is 2.15. The highest BCUT2D eigenvalue weighted by molar-refractivity contribution is 5.85. The van der Waals surface area contributed by atoms with Gasteiger partial charge in [0.1, 0.15) is 0 Å². The lowest BCUT2D eigenvalue weighted by Crippen LogP contribution is -2.35. The van der Waals surface area contributed by atoms with E-state index in [2.05, 4.69) is 26.1 Å². The van der Waals surface area contributed by atoms with Gasteiger partial charge in [-0.1, -0.05) is 32.9 Å². The van der Waals surface area contributed by atoms with E-state index in [1.54, 1.807) is 12.1 Å². The van der Waals surface area contributed by atoms with E-state index in [-0.39, 0.29) is 23.7 Å². The van der Waals surface area contributed by atoms with Crippen LogP contribution in [-0.2, 0) is 11.2 Å². The fraction of sp³-hybridized carbons (Fsp3) is 0.533. The maximum atomic E-state index is 11.7. The lowest BCUT2D eigenvalue weighted by Gasteiger charge is -2.22. The van der Waals surface area contributed by atoms with Crippen molar-refractivity contribution in [2.45, 2.75) is 39.7 Å². The summed E-state index contributed by atoms with van der Waals surface area (Å²) in [6.45, 7) is 6.48. The number of rotatable bonds is 5. The van der Waals surface area contributed by atoms with Gasteiger partial charge in [0.15, 0.2) is 0 Å². The van der Waals surface area contributed by atoms with E-state index in [0.29, 0.717) is 25.1 Å². The first-order valence-corrected chi connectivity index (χ1v) is 6.55. The number of carbonyl (C=O) groups is 1. The van der Waals surface area contributed by atoms with Gasteiger partial charge in [-0.05, 0) is 29.5 Å². The van der Waals surface area contributed by atoms with Crippen molar-refractivity contribution in [2.24, 2.45) is 5.41 Å². The zero-order valence-electron chi connectivity index (χ0n) is 12.3. The normalized spacial score (nSPS) is 12.4. The smallest absolute Gasteiger partial charge is 0.224 e. The molecule has 0 aliphatic rings. The first-order valence-electron chi connectivity index (χ1n) is 6.55. The van der Waals surface area contributed by atoms with E-state index in [1.807, 2.05) is 12.1 Å². The van der Waals surface area contributed by atoms with Crippen LogP contribution in [0.4, 0.5) is 5.69 Å². The third-order valence-electron chi connectivity index (χ3n) is 2.73. The molecule has 0 heterocycles. The van der Waals surface area contributed by atoms with Crippen molar-refractivity contribution in [3.05, 3.63) is 29.8 Å². The molecule has 4 N–H and O–H groups in total. The topological polar surface area (TPSA) is 75.3 Å². The molecule has 1 unspecified atom stereocenters. The van der Waals surface area contributed by atoms with Crippen LogP contribution in [0.5, 0.6) is 0 Å². The second-order valence-electron chi connectivity index (χ2n) is 6.14. The van der Waals surface area contributed by atoms with Crippen LogP contribution in [0.3, 0.4) is 0 Å². The Morgan fingerprint density at radius 1 is 1.30 bits per heavy atom. The highest BCUT2D eigenvalue weighted by Gasteiger charge is 2.17. The fourth-order valence-electron chi connectivity index (χ4n) is 1.89. The number of aliphatic hydroxyl groups is 1. The summed E-state index contributed by atoms with van der Waals surface area (Å²) in [6.07, 6.45) is 0.466. The van der Waals surface area contributed by atoms with Gasteiger partial charge in [0.2, 0.25) is 5.91 Å². The number of aliphatic hydroxyl groups excluding tert-OH is 1. The Bertz CT molecular complexity index is 413. The lowest BCUT2D eigenvalue weighted by atomic mass is 9.89. The van der Waals surface area contributed by atoms with Gasteiger partial charge in [-0.3, -0.25) is 4.79 Å². The molecule has 0 fully saturated rings. The third-order valence-corrected chi connectivity index (χ3v) is 2.73. The van der Waals surface area contributed by atoms with E-state index < -0.39 is 6.10 Å². The van der Waals surface area contributed by atoms with E-state index in [0.717, 1.165) is 5.56 Å². The maximum absolute atomic E-state index is 11.7. The van der Waals surface area contributed by atoms with Crippen LogP contribution in [-0.4, -0.2) is 23.7 Å². The first-order chi connectivity index (χ1) is 8.76. The molecule has 1 aromatic rings. The van der Waals surface area contributed by atoms with Gasteiger partial charge >= 0.3 is 0 Å². The molecular formula is C15H25ClN2O2. The molecule has 1 amide bonds. The summed E-state index contributed by atoms with van der Waals surface area (Å²) in [5.41, 5.74) is 7.24. The first kappa shape index (κ1) is 18.7. The van der Waals surface area contributed by atoms with Crippen LogP contribution in [0.2, 0.25) is 0 Å². The number of halogens is 1. The minimum Gasteiger partial charge on any atom is -0.399 e. The average molecular weight is 301 g/mol. The quantitative estimate of drug-likeness (QED) is 0.729. The summed E-state index contributed by atoms with van der Waals surface area (Å²) in [5, 5.41) is 12.6. The van der Waals surface area contributed by atoms with E-state index in [4.69, 9.17) is 5.73 Å². The number of nitrogen functional groups attached to an aromatic ring is 1. The minimum absolute atomic E-state index is 0.